The van der Waals surface area contributed by atoms with Gasteiger partial charge >= 0.3 is 0 Å². The van der Waals surface area contributed by atoms with Gasteiger partial charge in [0.05, 0.1) is 0 Å². The minimum atomic E-state index is -0.325. The van der Waals surface area contributed by atoms with E-state index in [2.05, 4.69) is 19.9 Å². The molecule has 0 spiro atoms. The van der Waals surface area contributed by atoms with Crippen molar-refractivity contribution in [2.75, 3.05) is 0 Å². The highest BCUT2D eigenvalue weighted by atomic mass is 35.5. The standard InChI is InChI=1S/C12H18ClN/c1-8(2)9-5-10(12(3,4)14)7-11(13)6-9/h5-8H,14H2,1-4H3. The Labute approximate surface area is 91.3 Å². The van der Waals surface area contributed by atoms with Gasteiger partial charge in [0.15, 0.2) is 0 Å². The highest BCUT2D eigenvalue weighted by molar-refractivity contribution is 6.30. The minimum Gasteiger partial charge on any atom is -0.322 e. The van der Waals surface area contributed by atoms with Crippen molar-refractivity contribution in [2.24, 2.45) is 5.73 Å². The van der Waals surface area contributed by atoms with Crippen LogP contribution in [-0.4, -0.2) is 0 Å². The van der Waals surface area contributed by atoms with Crippen molar-refractivity contribution in [1.82, 2.24) is 0 Å². The van der Waals surface area contributed by atoms with Gasteiger partial charge in [-0.05, 0) is 43.0 Å². The minimum absolute atomic E-state index is 0.325. The summed E-state index contributed by atoms with van der Waals surface area (Å²) in [4.78, 5) is 0. The molecule has 0 radical (unpaired) electrons. The molecule has 0 aliphatic heterocycles. The highest BCUT2D eigenvalue weighted by Gasteiger charge is 2.15. The Bertz CT molecular complexity index is 324. The van der Waals surface area contributed by atoms with Crippen LogP contribution in [0.25, 0.3) is 0 Å². The molecule has 14 heavy (non-hydrogen) atoms. The molecule has 0 amide bonds. The summed E-state index contributed by atoms with van der Waals surface area (Å²) >= 11 is 6.04. The molecular formula is C12H18ClN. The molecule has 0 unspecified atom stereocenters. The lowest BCUT2D eigenvalue weighted by molar-refractivity contribution is 0.553. The molecule has 0 atom stereocenters. The lowest BCUT2D eigenvalue weighted by atomic mass is 9.91. The number of hydrogen-bond donors (Lipinski definition) is 1. The molecular weight excluding hydrogens is 194 g/mol. The first-order chi connectivity index (χ1) is 6.30. The molecule has 1 aromatic carbocycles. The second-order valence-corrected chi connectivity index (χ2v) is 5.09. The highest BCUT2D eigenvalue weighted by Crippen LogP contribution is 2.26. The van der Waals surface area contributed by atoms with Crippen LogP contribution in [0, 0.1) is 0 Å². The lowest BCUT2D eigenvalue weighted by Gasteiger charge is -2.21. The van der Waals surface area contributed by atoms with Crippen molar-refractivity contribution in [3.8, 4) is 0 Å². The van der Waals surface area contributed by atoms with Gasteiger partial charge in [0.1, 0.15) is 0 Å². The maximum atomic E-state index is 6.04. The van der Waals surface area contributed by atoms with Gasteiger partial charge in [-0.2, -0.15) is 0 Å². The van der Waals surface area contributed by atoms with Crippen LogP contribution in [0.3, 0.4) is 0 Å². The van der Waals surface area contributed by atoms with Gasteiger partial charge in [-0.15, -0.1) is 0 Å². The van der Waals surface area contributed by atoms with Crippen LogP contribution in [0.1, 0.15) is 44.7 Å². The van der Waals surface area contributed by atoms with Gasteiger partial charge < -0.3 is 5.73 Å². The van der Waals surface area contributed by atoms with Gasteiger partial charge in [-0.3, -0.25) is 0 Å². The fourth-order valence-corrected chi connectivity index (χ4v) is 1.56. The molecule has 0 heterocycles. The van der Waals surface area contributed by atoms with Crippen molar-refractivity contribution >= 4 is 11.6 Å². The van der Waals surface area contributed by atoms with Crippen LogP contribution >= 0.6 is 11.6 Å². The Morgan fingerprint density at radius 1 is 1.21 bits per heavy atom. The summed E-state index contributed by atoms with van der Waals surface area (Å²) < 4.78 is 0. The maximum Gasteiger partial charge on any atom is 0.0412 e. The van der Waals surface area contributed by atoms with E-state index in [4.69, 9.17) is 17.3 Å². The molecule has 0 fully saturated rings. The molecule has 0 bridgehead atoms. The Morgan fingerprint density at radius 2 is 1.79 bits per heavy atom. The lowest BCUT2D eigenvalue weighted by Crippen LogP contribution is -2.28. The Morgan fingerprint density at radius 3 is 2.21 bits per heavy atom. The van der Waals surface area contributed by atoms with Gasteiger partial charge in [0.25, 0.3) is 0 Å². The SMILES string of the molecule is CC(C)c1cc(Cl)cc(C(C)(C)N)c1. The molecule has 1 nitrogen and oxygen atoms in total. The van der Waals surface area contributed by atoms with Crippen LogP contribution in [0.15, 0.2) is 18.2 Å². The Balaban J connectivity index is 3.21. The van der Waals surface area contributed by atoms with Gasteiger partial charge in [-0.1, -0.05) is 31.5 Å². The molecule has 78 valence electrons. The zero-order chi connectivity index (χ0) is 10.9. The summed E-state index contributed by atoms with van der Waals surface area (Å²) in [6.45, 7) is 8.28. The quantitative estimate of drug-likeness (QED) is 0.794. The Hall–Kier alpha value is -0.530. The smallest absolute Gasteiger partial charge is 0.0412 e. The van der Waals surface area contributed by atoms with Crippen LogP contribution < -0.4 is 5.73 Å². The monoisotopic (exact) mass is 211 g/mol. The van der Waals surface area contributed by atoms with E-state index in [1.165, 1.54) is 5.56 Å². The van der Waals surface area contributed by atoms with Crippen molar-refractivity contribution < 1.29 is 0 Å². The fourth-order valence-electron chi connectivity index (χ4n) is 1.32. The largest absolute Gasteiger partial charge is 0.322 e. The van der Waals surface area contributed by atoms with E-state index in [0.717, 1.165) is 10.6 Å². The van der Waals surface area contributed by atoms with Crippen molar-refractivity contribution in [1.29, 1.82) is 0 Å². The molecule has 0 aromatic heterocycles. The van der Waals surface area contributed by atoms with Gasteiger partial charge in [0, 0.05) is 10.6 Å². The van der Waals surface area contributed by atoms with Crippen molar-refractivity contribution in [2.45, 2.75) is 39.2 Å². The summed E-state index contributed by atoms with van der Waals surface area (Å²) in [5.74, 6) is 0.481. The summed E-state index contributed by atoms with van der Waals surface area (Å²) in [6, 6.07) is 6.07. The van der Waals surface area contributed by atoms with Gasteiger partial charge in [-0.25, -0.2) is 0 Å². The maximum absolute atomic E-state index is 6.04. The van der Waals surface area contributed by atoms with Crippen LogP contribution in [0.2, 0.25) is 5.02 Å². The van der Waals surface area contributed by atoms with E-state index in [1.807, 2.05) is 26.0 Å². The molecule has 0 saturated carbocycles. The zero-order valence-electron chi connectivity index (χ0n) is 9.26. The third-order valence-electron chi connectivity index (χ3n) is 2.33. The number of rotatable bonds is 2. The van der Waals surface area contributed by atoms with Crippen LogP contribution in [0.5, 0.6) is 0 Å². The molecule has 2 heteroatoms. The first-order valence-corrected chi connectivity index (χ1v) is 5.28. The molecule has 1 rings (SSSR count). The topological polar surface area (TPSA) is 26.0 Å². The molecule has 0 aliphatic rings. The number of hydrogen-bond acceptors (Lipinski definition) is 1. The molecule has 2 N–H and O–H groups in total. The van der Waals surface area contributed by atoms with Crippen LogP contribution in [-0.2, 0) is 5.54 Å². The van der Waals surface area contributed by atoms with Gasteiger partial charge in [0.2, 0.25) is 0 Å². The molecule has 1 aromatic rings. The fraction of sp³-hybridized carbons (Fsp3) is 0.500. The molecule has 0 aliphatic carbocycles. The van der Waals surface area contributed by atoms with Crippen molar-refractivity contribution in [3.05, 3.63) is 34.3 Å². The number of nitrogens with two attached hydrogens (primary N) is 1. The zero-order valence-corrected chi connectivity index (χ0v) is 10.0. The number of benzene rings is 1. The number of halogens is 1. The Kier molecular flexibility index (Phi) is 3.23. The van der Waals surface area contributed by atoms with E-state index in [0.29, 0.717) is 5.92 Å². The van der Waals surface area contributed by atoms with E-state index in [1.54, 1.807) is 0 Å². The summed E-state index contributed by atoms with van der Waals surface area (Å²) in [6.07, 6.45) is 0. The second kappa shape index (κ2) is 3.92. The van der Waals surface area contributed by atoms with Crippen molar-refractivity contribution in [3.63, 3.8) is 0 Å². The summed E-state index contributed by atoms with van der Waals surface area (Å²) in [5, 5.41) is 0.768. The third kappa shape index (κ3) is 2.73. The first-order valence-electron chi connectivity index (χ1n) is 4.90. The van der Waals surface area contributed by atoms with E-state index in [9.17, 15) is 0 Å². The normalized spacial score (nSPS) is 12.2. The third-order valence-corrected chi connectivity index (χ3v) is 2.55. The average molecular weight is 212 g/mol. The predicted octanol–water partition coefficient (Wildman–Crippen LogP) is 3.66. The molecule has 0 saturated heterocycles. The summed E-state index contributed by atoms with van der Waals surface area (Å²) in [5.41, 5.74) is 8.04. The predicted molar refractivity (Wildman–Crippen MR) is 62.8 cm³/mol. The first kappa shape index (κ1) is 11.5. The van der Waals surface area contributed by atoms with E-state index in [-0.39, 0.29) is 5.54 Å². The second-order valence-electron chi connectivity index (χ2n) is 4.65. The summed E-state index contributed by atoms with van der Waals surface area (Å²) in [7, 11) is 0. The van der Waals surface area contributed by atoms with E-state index < -0.39 is 0 Å². The average Bonchev–Trinajstić information content (AvgIpc) is 2.01. The van der Waals surface area contributed by atoms with Crippen LogP contribution in [0.4, 0.5) is 0 Å². The van der Waals surface area contributed by atoms with E-state index >= 15 is 0 Å².